The van der Waals surface area contributed by atoms with Crippen molar-refractivity contribution in [2.45, 2.75) is 13.0 Å². The molecule has 0 spiro atoms. The van der Waals surface area contributed by atoms with Crippen LogP contribution in [-0.4, -0.2) is 16.7 Å². The van der Waals surface area contributed by atoms with Crippen LogP contribution >= 0.6 is 0 Å². The fraction of sp³-hybridized carbons (Fsp3) is 0.214. The van der Waals surface area contributed by atoms with Crippen LogP contribution in [0.4, 0.5) is 0 Å². The maximum atomic E-state index is 8.99. The number of benzene rings is 1. The Bertz CT molecular complexity index is 494. The summed E-state index contributed by atoms with van der Waals surface area (Å²) in [6.45, 7) is 2.00. The number of aliphatic hydroxyl groups is 1. The van der Waals surface area contributed by atoms with Crippen LogP contribution in [0.2, 0.25) is 0 Å². The molecule has 0 amide bonds. The van der Waals surface area contributed by atoms with Crippen LogP contribution in [0, 0.1) is 6.92 Å². The lowest BCUT2D eigenvalue weighted by Crippen LogP contribution is -2.14. The number of hydrogen-bond acceptors (Lipinski definition) is 3. The topological polar surface area (TPSA) is 59.1 Å². The molecule has 1 heterocycles. The van der Waals surface area contributed by atoms with Crippen LogP contribution in [-0.2, 0) is 0 Å². The first-order valence-corrected chi connectivity index (χ1v) is 5.59. The first kappa shape index (κ1) is 11.8. The van der Waals surface area contributed by atoms with Gasteiger partial charge in [0.2, 0.25) is 0 Å². The molecule has 3 N–H and O–H groups in total. The van der Waals surface area contributed by atoms with Gasteiger partial charge < -0.3 is 10.8 Å². The Hall–Kier alpha value is -1.71. The monoisotopic (exact) mass is 228 g/mol. The Morgan fingerprint density at radius 3 is 2.53 bits per heavy atom. The van der Waals surface area contributed by atoms with E-state index in [1.165, 1.54) is 5.56 Å². The van der Waals surface area contributed by atoms with E-state index in [0.717, 1.165) is 16.7 Å². The van der Waals surface area contributed by atoms with Crippen molar-refractivity contribution in [2.24, 2.45) is 5.73 Å². The van der Waals surface area contributed by atoms with E-state index in [2.05, 4.69) is 4.98 Å². The van der Waals surface area contributed by atoms with Crippen molar-refractivity contribution in [3.8, 4) is 11.1 Å². The van der Waals surface area contributed by atoms with Gasteiger partial charge >= 0.3 is 0 Å². The Balaban J connectivity index is 2.33. The predicted octanol–water partition coefficient (Wildman–Crippen LogP) is 2.05. The molecular weight excluding hydrogens is 212 g/mol. The molecule has 0 unspecified atom stereocenters. The van der Waals surface area contributed by atoms with E-state index >= 15 is 0 Å². The second kappa shape index (κ2) is 5.08. The van der Waals surface area contributed by atoms with Gasteiger partial charge in [0.25, 0.3) is 0 Å². The first-order valence-electron chi connectivity index (χ1n) is 5.59. The Labute approximate surface area is 101 Å². The molecule has 0 saturated heterocycles. The van der Waals surface area contributed by atoms with Crippen LogP contribution < -0.4 is 5.73 Å². The molecule has 3 heteroatoms. The van der Waals surface area contributed by atoms with Gasteiger partial charge in [0.15, 0.2) is 0 Å². The van der Waals surface area contributed by atoms with Crippen molar-refractivity contribution in [2.75, 3.05) is 6.61 Å². The smallest absolute Gasteiger partial charge is 0.0624 e. The number of nitrogens with zero attached hydrogens (tertiary/aromatic N) is 1. The second-order valence-electron chi connectivity index (χ2n) is 4.10. The van der Waals surface area contributed by atoms with E-state index in [1.54, 1.807) is 6.20 Å². The van der Waals surface area contributed by atoms with Crippen LogP contribution in [0.1, 0.15) is 17.2 Å². The maximum absolute atomic E-state index is 8.99. The highest BCUT2D eigenvalue weighted by molar-refractivity contribution is 5.66. The van der Waals surface area contributed by atoms with Crippen LogP contribution in [0.15, 0.2) is 42.7 Å². The van der Waals surface area contributed by atoms with Crippen molar-refractivity contribution in [1.29, 1.82) is 0 Å². The number of rotatable bonds is 3. The zero-order valence-corrected chi connectivity index (χ0v) is 9.80. The average molecular weight is 228 g/mol. The Kier molecular flexibility index (Phi) is 3.52. The van der Waals surface area contributed by atoms with Gasteiger partial charge in [-0.15, -0.1) is 0 Å². The van der Waals surface area contributed by atoms with E-state index in [1.807, 2.05) is 43.5 Å². The van der Waals surface area contributed by atoms with Crippen molar-refractivity contribution in [3.63, 3.8) is 0 Å². The van der Waals surface area contributed by atoms with Crippen molar-refractivity contribution >= 4 is 0 Å². The molecule has 2 rings (SSSR count). The Morgan fingerprint density at radius 2 is 1.94 bits per heavy atom. The van der Waals surface area contributed by atoms with Crippen LogP contribution in [0.3, 0.4) is 0 Å². The molecule has 0 aliphatic carbocycles. The van der Waals surface area contributed by atoms with Crippen molar-refractivity contribution in [3.05, 3.63) is 53.9 Å². The summed E-state index contributed by atoms with van der Waals surface area (Å²) in [5, 5.41) is 8.99. The van der Waals surface area contributed by atoms with E-state index in [9.17, 15) is 0 Å². The fourth-order valence-corrected chi connectivity index (χ4v) is 1.81. The summed E-state index contributed by atoms with van der Waals surface area (Å²) in [5.74, 6) is 0. The van der Waals surface area contributed by atoms with Crippen LogP contribution in [0.25, 0.3) is 11.1 Å². The molecule has 0 radical (unpaired) electrons. The highest BCUT2D eigenvalue weighted by Gasteiger charge is 2.05. The number of hydrogen-bond donors (Lipinski definition) is 2. The third-order valence-electron chi connectivity index (χ3n) is 2.87. The molecular formula is C14H16N2O. The Morgan fingerprint density at radius 1 is 1.24 bits per heavy atom. The van der Waals surface area contributed by atoms with Gasteiger partial charge in [0.05, 0.1) is 12.6 Å². The first-order chi connectivity index (χ1) is 8.22. The van der Waals surface area contributed by atoms with E-state index in [4.69, 9.17) is 10.8 Å². The average Bonchev–Trinajstić information content (AvgIpc) is 2.39. The highest BCUT2D eigenvalue weighted by Crippen LogP contribution is 2.23. The van der Waals surface area contributed by atoms with Crippen molar-refractivity contribution < 1.29 is 5.11 Å². The summed E-state index contributed by atoms with van der Waals surface area (Å²) in [5.41, 5.74) is 10.2. The summed E-state index contributed by atoms with van der Waals surface area (Å²) < 4.78 is 0. The molecule has 88 valence electrons. The second-order valence-corrected chi connectivity index (χ2v) is 4.10. The number of nitrogens with two attached hydrogens (primary N) is 1. The lowest BCUT2D eigenvalue weighted by molar-refractivity contribution is 0.268. The molecule has 0 bridgehead atoms. The largest absolute Gasteiger partial charge is 0.394 e. The highest BCUT2D eigenvalue weighted by atomic mass is 16.3. The summed E-state index contributed by atoms with van der Waals surface area (Å²) in [6.07, 6.45) is 3.64. The van der Waals surface area contributed by atoms with Gasteiger partial charge in [-0.2, -0.15) is 0 Å². The summed E-state index contributed by atoms with van der Waals surface area (Å²) in [7, 11) is 0. The number of pyridine rings is 1. The van der Waals surface area contributed by atoms with Gasteiger partial charge in [-0.05, 0) is 35.2 Å². The minimum Gasteiger partial charge on any atom is -0.394 e. The summed E-state index contributed by atoms with van der Waals surface area (Å²) >= 11 is 0. The predicted molar refractivity (Wildman–Crippen MR) is 68.4 cm³/mol. The standard InChI is InChI=1S/C14H16N2O/c1-10-8-16-7-6-13(10)11-2-4-12(5-3-11)14(15)9-17/h2-8,14,17H,9,15H2,1H3/t14-/m0/s1. The fourth-order valence-electron chi connectivity index (χ4n) is 1.81. The SMILES string of the molecule is Cc1cnccc1-c1ccc([C@@H](N)CO)cc1. The lowest BCUT2D eigenvalue weighted by Gasteiger charge is -2.10. The summed E-state index contributed by atoms with van der Waals surface area (Å²) in [4.78, 5) is 4.08. The normalized spacial score (nSPS) is 12.4. The summed E-state index contributed by atoms with van der Waals surface area (Å²) in [6, 6.07) is 9.64. The van der Waals surface area contributed by atoms with Gasteiger partial charge in [-0.1, -0.05) is 24.3 Å². The van der Waals surface area contributed by atoms with Gasteiger partial charge in [-0.3, -0.25) is 4.98 Å². The maximum Gasteiger partial charge on any atom is 0.0624 e. The van der Waals surface area contributed by atoms with Gasteiger partial charge in [0, 0.05) is 12.4 Å². The number of aliphatic hydroxyl groups excluding tert-OH is 1. The molecule has 0 aliphatic rings. The minimum absolute atomic E-state index is 0.0341. The van der Waals surface area contributed by atoms with Crippen LogP contribution in [0.5, 0.6) is 0 Å². The minimum atomic E-state index is -0.303. The number of aryl methyl sites for hydroxylation is 1. The molecule has 17 heavy (non-hydrogen) atoms. The lowest BCUT2D eigenvalue weighted by atomic mass is 9.99. The van der Waals surface area contributed by atoms with E-state index in [0.29, 0.717) is 0 Å². The third-order valence-corrected chi connectivity index (χ3v) is 2.87. The molecule has 1 aromatic carbocycles. The molecule has 1 aromatic heterocycles. The molecule has 0 aliphatic heterocycles. The number of aromatic nitrogens is 1. The third kappa shape index (κ3) is 2.52. The molecule has 0 fully saturated rings. The molecule has 3 nitrogen and oxygen atoms in total. The van der Waals surface area contributed by atoms with Gasteiger partial charge in [-0.25, -0.2) is 0 Å². The van der Waals surface area contributed by atoms with Crippen molar-refractivity contribution in [1.82, 2.24) is 4.98 Å². The van der Waals surface area contributed by atoms with E-state index < -0.39 is 0 Å². The quantitative estimate of drug-likeness (QED) is 0.845. The molecule has 2 aromatic rings. The zero-order chi connectivity index (χ0) is 12.3. The molecule has 0 saturated carbocycles. The van der Waals surface area contributed by atoms with E-state index in [-0.39, 0.29) is 12.6 Å². The molecule has 1 atom stereocenters. The zero-order valence-electron chi connectivity index (χ0n) is 9.80. The van der Waals surface area contributed by atoms with Gasteiger partial charge in [0.1, 0.15) is 0 Å².